The molecule has 0 unspecified atom stereocenters. The van der Waals surface area contributed by atoms with Crippen LogP contribution in [-0.4, -0.2) is 0 Å². The summed E-state index contributed by atoms with van der Waals surface area (Å²) in [4.78, 5) is 0. The van der Waals surface area contributed by atoms with Crippen molar-refractivity contribution in [2.24, 2.45) is 0 Å². The highest BCUT2D eigenvalue weighted by atomic mass is 14.0. The van der Waals surface area contributed by atoms with Crippen molar-refractivity contribution in [2.45, 2.75) is 26.7 Å². The third kappa shape index (κ3) is 2.23. The van der Waals surface area contributed by atoms with Crippen LogP contribution < -0.4 is 0 Å². The van der Waals surface area contributed by atoms with Crippen LogP contribution in [0.4, 0.5) is 0 Å². The molecule has 0 aliphatic carbocycles. The van der Waals surface area contributed by atoms with E-state index >= 15 is 0 Å². The molecular formula is C12H16. The monoisotopic (exact) mass is 160 g/mol. The Morgan fingerprint density at radius 1 is 1.25 bits per heavy atom. The minimum Gasteiger partial charge on any atom is -0.0952 e. The number of aryl methyl sites for hydroxylation is 1. The van der Waals surface area contributed by atoms with Gasteiger partial charge in [-0.05, 0) is 24.5 Å². The molecule has 0 nitrogen and oxygen atoms in total. The van der Waals surface area contributed by atoms with Gasteiger partial charge in [-0.3, -0.25) is 0 Å². The van der Waals surface area contributed by atoms with Gasteiger partial charge in [-0.25, -0.2) is 0 Å². The number of hydrogen-bond acceptors (Lipinski definition) is 0. The molecule has 0 heteroatoms. The number of hydrogen-bond donors (Lipinski definition) is 0. The fourth-order valence-electron chi connectivity index (χ4n) is 1.24. The highest BCUT2D eigenvalue weighted by Crippen LogP contribution is 2.17. The van der Waals surface area contributed by atoms with E-state index in [1.54, 1.807) is 0 Å². The van der Waals surface area contributed by atoms with Crippen molar-refractivity contribution in [3.63, 3.8) is 0 Å². The van der Waals surface area contributed by atoms with Crippen LogP contribution in [0.2, 0.25) is 0 Å². The van der Waals surface area contributed by atoms with Gasteiger partial charge in [0.2, 0.25) is 0 Å². The van der Waals surface area contributed by atoms with Crippen molar-refractivity contribution in [2.75, 3.05) is 0 Å². The van der Waals surface area contributed by atoms with Crippen molar-refractivity contribution in [3.05, 3.63) is 42.0 Å². The van der Waals surface area contributed by atoms with Crippen LogP contribution in [0.25, 0.3) is 5.57 Å². The second kappa shape index (κ2) is 4.10. The van der Waals surface area contributed by atoms with Crippen molar-refractivity contribution in [1.29, 1.82) is 0 Å². The highest BCUT2D eigenvalue weighted by molar-refractivity contribution is 5.63. The number of rotatable bonds is 3. The molecule has 0 aliphatic rings. The average Bonchev–Trinajstić information content (AvgIpc) is 2.06. The van der Waals surface area contributed by atoms with Gasteiger partial charge in [0.25, 0.3) is 0 Å². The average molecular weight is 160 g/mol. The maximum atomic E-state index is 4.04. The summed E-state index contributed by atoms with van der Waals surface area (Å²) in [5, 5.41) is 0. The Balaban J connectivity index is 2.75. The fourth-order valence-corrected chi connectivity index (χ4v) is 1.24. The quantitative estimate of drug-likeness (QED) is 0.630. The van der Waals surface area contributed by atoms with E-state index in [0.29, 0.717) is 0 Å². The van der Waals surface area contributed by atoms with E-state index in [4.69, 9.17) is 0 Å². The van der Waals surface area contributed by atoms with Gasteiger partial charge < -0.3 is 0 Å². The lowest BCUT2D eigenvalue weighted by atomic mass is 10.0. The summed E-state index contributed by atoms with van der Waals surface area (Å²) in [5.74, 6) is 0. The molecule has 0 amide bonds. The summed E-state index contributed by atoms with van der Waals surface area (Å²) in [6.07, 6.45) is 2.27. The van der Waals surface area contributed by atoms with Crippen molar-refractivity contribution < 1.29 is 0 Å². The smallest absolute Gasteiger partial charge is 0.0230 e. The summed E-state index contributed by atoms with van der Waals surface area (Å²) >= 11 is 0. The molecule has 12 heavy (non-hydrogen) atoms. The molecule has 64 valence electrons. The highest BCUT2D eigenvalue weighted by Gasteiger charge is 1.95. The first kappa shape index (κ1) is 9.05. The third-order valence-electron chi connectivity index (χ3n) is 2.01. The molecule has 0 bridgehead atoms. The lowest BCUT2D eigenvalue weighted by Crippen LogP contribution is -1.82. The Bertz CT molecular complexity index is 254. The van der Waals surface area contributed by atoms with Crippen LogP contribution in [0.3, 0.4) is 0 Å². The molecule has 0 aromatic heterocycles. The van der Waals surface area contributed by atoms with Gasteiger partial charge in [0.1, 0.15) is 0 Å². The predicted octanol–water partition coefficient (Wildman–Crippen LogP) is 3.81. The van der Waals surface area contributed by atoms with E-state index in [0.717, 1.165) is 6.42 Å². The molecule has 1 aromatic carbocycles. The molecule has 0 radical (unpaired) electrons. The van der Waals surface area contributed by atoms with Gasteiger partial charge in [-0.15, -0.1) is 0 Å². The van der Waals surface area contributed by atoms with Crippen molar-refractivity contribution in [3.8, 4) is 0 Å². The first-order valence-electron chi connectivity index (χ1n) is 4.49. The van der Waals surface area contributed by atoms with Crippen LogP contribution in [-0.2, 0) is 0 Å². The molecule has 0 aliphatic heterocycles. The Hall–Kier alpha value is -1.04. The SMILES string of the molecule is C=C(CCC)c1ccc(C)cc1. The minimum atomic E-state index is 1.10. The molecule has 0 saturated carbocycles. The fraction of sp³-hybridized carbons (Fsp3) is 0.333. The van der Waals surface area contributed by atoms with Crippen molar-refractivity contribution in [1.82, 2.24) is 0 Å². The molecule has 1 rings (SSSR count). The van der Waals surface area contributed by atoms with Gasteiger partial charge in [0.05, 0.1) is 0 Å². The Morgan fingerprint density at radius 3 is 2.33 bits per heavy atom. The number of benzene rings is 1. The van der Waals surface area contributed by atoms with Crippen LogP contribution in [0.5, 0.6) is 0 Å². The number of allylic oxidation sites excluding steroid dienone is 1. The Labute approximate surface area is 74.9 Å². The molecule has 0 spiro atoms. The second-order valence-corrected chi connectivity index (χ2v) is 3.22. The van der Waals surface area contributed by atoms with Gasteiger partial charge in [-0.1, -0.05) is 49.8 Å². The van der Waals surface area contributed by atoms with Crippen LogP contribution in [0.15, 0.2) is 30.8 Å². The van der Waals surface area contributed by atoms with E-state index in [1.165, 1.54) is 23.1 Å². The zero-order valence-corrected chi connectivity index (χ0v) is 7.93. The summed E-state index contributed by atoms with van der Waals surface area (Å²) in [6.45, 7) is 8.33. The lowest BCUT2D eigenvalue weighted by Gasteiger charge is -2.03. The van der Waals surface area contributed by atoms with Gasteiger partial charge in [0, 0.05) is 0 Å². The first-order valence-corrected chi connectivity index (χ1v) is 4.49. The minimum absolute atomic E-state index is 1.10. The maximum absolute atomic E-state index is 4.04. The summed E-state index contributed by atoms with van der Waals surface area (Å²) in [5.41, 5.74) is 3.84. The van der Waals surface area contributed by atoms with Crippen molar-refractivity contribution >= 4 is 5.57 Å². The summed E-state index contributed by atoms with van der Waals surface area (Å²) in [6, 6.07) is 8.56. The topological polar surface area (TPSA) is 0 Å². The Kier molecular flexibility index (Phi) is 3.09. The molecular weight excluding hydrogens is 144 g/mol. The summed E-state index contributed by atoms with van der Waals surface area (Å²) < 4.78 is 0. The molecule has 0 fully saturated rings. The van der Waals surface area contributed by atoms with Crippen LogP contribution in [0.1, 0.15) is 30.9 Å². The second-order valence-electron chi connectivity index (χ2n) is 3.22. The lowest BCUT2D eigenvalue weighted by molar-refractivity contribution is 0.975. The van der Waals surface area contributed by atoms with Crippen LogP contribution in [0, 0.1) is 6.92 Å². The van der Waals surface area contributed by atoms with Gasteiger partial charge in [-0.2, -0.15) is 0 Å². The van der Waals surface area contributed by atoms with E-state index in [2.05, 4.69) is 44.7 Å². The third-order valence-corrected chi connectivity index (χ3v) is 2.01. The largest absolute Gasteiger partial charge is 0.0952 e. The zero-order valence-electron chi connectivity index (χ0n) is 7.93. The first-order chi connectivity index (χ1) is 5.74. The van der Waals surface area contributed by atoms with Gasteiger partial charge >= 0.3 is 0 Å². The molecule has 0 saturated heterocycles. The molecule has 0 heterocycles. The molecule has 0 atom stereocenters. The van der Waals surface area contributed by atoms with E-state index < -0.39 is 0 Å². The van der Waals surface area contributed by atoms with Crippen LogP contribution >= 0.6 is 0 Å². The summed E-state index contributed by atoms with van der Waals surface area (Å²) in [7, 11) is 0. The Morgan fingerprint density at radius 2 is 1.83 bits per heavy atom. The van der Waals surface area contributed by atoms with E-state index in [-0.39, 0.29) is 0 Å². The molecule has 0 N–H and O–H groups in total. The molecule has 1 aromatic rings. The maximum Gasteiger partial charge on any atom is -0.0230 e. The standard InChI is InChI=1S/C12H16/c1-4-5-11(3)12-8-6-10(2)7-9-12/h6-9H,3-5H2,1-2H3. The van der Waals surface area contributed by atoms with E-state index in [9.17, 15) is 0 Å². The predicted molar refractivity (Wildman–Crippen MR) is 55.1 cm³/mol. The van der Waals surface area contributed by atoms with Gasteiger partial charge in [0.15, 0.2) is 0 Å². The van der Waals surface area contributed by atoms with E-state index in [1.807, 2.05) is 0 Å². The normalized spacial score (nSPS) is 9.83. The zero-order chi connectivity index (χ0) is 8.97.